The molecule has 4 N–H and O–H groups in total. The molecule has 3 amide bonds. The molecule has 3 saturated heterocycles. The third-order valence-corrected chi connectivity index (χ3v) is 12.0. The number of carbonyl (C=O) groups is 2. The van der Waals surface area contributed by atoms with E-state index >= 15 is 0 Å². The van der Waals surface area contributed by atoms with Gasteiger partial charge in [-0.15, -0.1) is 0 Å². The van der Waals surface area contributed by atoms with Crippen molar-refractivity contribution in [3.63, 3.8) is 0 Å². The highest BCUT2D eigenvalue weighted by Gasteiger charge is 2.34. The number of piperidine rings is 3. The number of rotatable bonds is 8. The van der Waals surface area contributed by atoms with E-state index in [-0.39, 0.29) is 23.7 Å². The molecular weight excluding hydrogens is 754 g/mol. The smallest absolute Gasteiger partial charge is 0.326 e. The van der Waals surface area contributed by atoms with Crippen molar-refractivity contribution in [1.29, 1.82) is 0 Å². The standard InChI is InChI=1S/C36H47Br2N7O4/c1-42-12-6-24(7-13-42)25-8-14-43(15-9-25)34(46)31(20-23-18-29(37)33(39)30(38)19-23)40-35(47)44-16-10-27(11-17-44)45-22-32(41-36(45)48)26-4-3-5-28(21-26)49-2/h3-5,18-19,21-22,24-25,27,31H,6-17,20,39H2,1-2H3,(H,40,47)(H,41,48)/t31-/m0/s1. The van der Waals surface area contributed by atoms with Crippen molar-refractivity contribution in [2.45, 2.75) is 57.0 Å². The summed E-state index contributed by atoms with van der Waals surface area (Å²) in [6.07, 6.45) is 7.93. The number of hydrogen-bond acceptors (Lipinski definition) is 6. The fourth-order valence-corrected chi connectivity index (χ4v) is 8.99. The second kappa shape index (κ2) is 15.7. The van der Waals surface area contributed by atoms with Gasteiger partial charge in [0, 0.05) is 59.3 Å². The molecule has 0 aliphatic carbocycles. The van der Waals surface area contributed by atoms with E-state index in [0.29, 0.717) is 57.0 Å². The maximum atomic E-state index is 14.1. The molecule has 0 spiro atoms. The molecular formula is C36H47Br2N7O4. The Hall–Kier alpha value is -3.29. The van der Waals surface area contributed by atoms with Gasteiger partial charge in [0.25, 0.3) is 0 Å². The maximum Gasteiger partial charge on any atom is 0.326 e. The number of H-pyrrole nitrogens is 1. The number of halogens is 2. The Morgan fingerprint density at radius 2 is 1.55 bits per heavy atom. The van der Waals surface area contributed by atoms with Crippen LogP contribution in [0, 0.1) is 11.8 Å². The normalized spacial score (nSPS) is 19.2. The van der Waals surface area contributed by atoms with Gasteiger partial charge in [0.1, 0.15) is 11.8 Å². The lowest BCUT2D eigenvalue weighted by Crippen LogP contribution is -2.55. The largest absolute Gasteiger partial charge is 0.497 e. The fraction of sp³-hybridized carbons (Fsp3) is 0.528. The first-order chi connectivity index (χ1) is 23.6. The molecule has 13 heteroatoms. The molecule has 6 rings (SSSR count). The molecule has 3 aliphatic rings. The molecule has 1 aromatic heterocycles. The molecule has 0 radical (unpaired) electrons. The molecule has 2 aromatic carbocycles. The number of likely N-dealkylation sites (tertiary alicyclic amines) is 3. The average molecular weight is 802 g/mol. The zero-order valence-electron chi connectivity index (χ0n) is 28.3. The predicted molar refractivity (Wildman–Crippen MR) is 199 cm³/mol. The molecule has 0 saturated carbocycles. The van der Waals surface area contributed by atoms with Gasteiger partial charge in [0.2, 0.25) is 5.91 Å². The van der Waals surface area contributed by atoms with Gasteiger partial charge >= 0.3 is 11.7 Å². The number of nitrogens with zero attached hydrogens (tertiary/aromatic N) is 4. The van der Waals surface area contributed by atoms with Crippen molar-refractivity contribution in [3.8, 4) is 17.0 Å². The number of aromatic nitrogens is 2. The van der Waals surface area contributed by atoms with E-state index in [9.17, 15) is 14.4 Å². The minimum Gasteiger partial charge on any atom is -0.497 e. The molecule has 4 heterocycles. The van der Waals surface area contributed by atoms with Crippen molar-refractivity contribution in [2.75, 3.05) is 59.2 Å². The lowest BCUT2D eigenvalue weighted by atomic mass is 9.79. The second-order valence-electron chi connectivity index (χ2n) is 13.8. The summed E-state index contributed by atoms with van der Waals surface area (Å²) in [5, 5.41) is 3.11. The van der Waals surface area contributed by atoms with E-state index in [1.54, 1.807) is 16.6 Å². The maximum absolute atomic E-state index is 14.1. The van der Waals surface area contributed by atoms with Gasteiger partial charge in [-0.2, -0.15) is 0 Å². The van der Waals surface area contributed by atoms with Crippen LogP contribution in [-0.4, -0.2) is 95.7 Å². The Bertz CT molecular complexity index is 1660. The summed E-state index contributed by atoms with van der Waals surface area (Å²) in [4.78, 5) is 49.9. The minimum atomic E-state index is -0.717. The van der Waals surface area contributed by atoms with E-state index in [1.165, 1.54) is 12.8 Å². The predicted octanol–water partition coefficient (Wildman–Crippen LogP) is 5.50. The number of imidazole rings is 1. The highest BCUT2D eigenvalue weighted by Crippen LogP contribution is 2.34. The first-order valence-electron chi connectivity index (χ1n) is 17.3. The number of methoxy groups -OCH3 is 1. The van der Waals surface area contributed by atoms with E-state index < -0.39 is 6.04 Å². The van der Waals surface area contributed by atoms with Crippen molar-refractivity contribution in [1.82, 2.24) is 29.6 Å². The number of ether oxygens (including phenoxy) is 1. The molecule has 0 unspecified atom stereocenters. The highest BCUT2D eigenvalue weighted by atomic mass is 79.9. The van der Waals surface area contributed by atoms with Gasteiger partial charge in [-0.25, -0.2) is 9.59 Å². The number of aromatic amines is 1. The summed E-state index contributed by atoms with van der Waals surface area (Å²) in [7, 11) is 3.81. The Labute approximate surface area is 304 Å². The van der Waals surface area contributed by atoms with Gasteiger partial charge in [0.05, 0.1) is 18.5 Å². The van der Waals surface area contributed by atoms with E-state index in [1.807, 2.05) is 47.5 Å². The van der Waals surface area contributed by atoms with E-state index in [2.05, 4.69) is 54.1 Å². The van der Waals surface area contributed by atoms with Gasteiger partial charge in [-0.05, 0) is 132 Å². The number of hydrogen-bond donors (Lipinski definition) is 3. The summed E-state index contributed by atoms with van der Waals surface area (Å²) < 4.78 is 8.56. The molecule has 3 aliphatic heterocycles. The van der Waals surface area contributed by atoms with Gasteiger partial charge in [-0.3, -0.25) is 9.36 Å². The number of anilines is 1. The topological polar surface area (TPSA) is 129 Å². The zero-order valence-corrected chi connectivity index (χ0v) is 31.5. The Morgan fingerprint density at radius 3 is 2.18 bits per heavy atom. The van der Waals surface area contributed by atoms with Crippen LogP contribution in [0.5, 0.6) is 5.75 Å². The SMILES string of the molecule is COc1cccc(-c2cn(C3CCN(C(=O)N[C@@H](Cc4cc(Br)c(N)c(Br)c4)C(=O)N4CCC(C5CCN(C)CC5)CC4)CC3)c(=O)[nH]2)c1. The number of nitrogen functional groups attached to an aromatic ring is 1. The van der Waals surface area contributed by atoms with Gasteiger partial charge < -0.3 is 35.5 Å². The van der Waals surface area contributed by atoms with Crippen molar-refractivity contribution < 1.29 is 14.3 Å². The molecule has 264 valence electrons. The van der Waals surface area contributed by atoms with Gasteiger partial charge in [-0.1, -0.05) is 12.1 Å². The Balaban J connectivity index is 1.10. The molecule has 3 fully saturated rings. The number of benzene rings is 2. The van der Waals surface area contributed by atoms with Crippen LogP contribution in [0.4, 0.5) is 10.5 Å². The van der Waals surface area contributed by atoms with Crippen molar-refractivity contribution in [3.05, 3.63) is 67.6 Å². The van der Waals surface area contributed by atoms with E-state index in [0.717, 1.165) is 63.4 Å². The zero-order chi connectivity index (χ0) is 34.7. The van der Waals surface area contributed by atoms with Crippen LogP contribution < -0.4 is 21.5 Å². The first kappa shape index (κ1) is 35.5. The molecule has 49 heavy (non-hydrogen) atoms. The summed E-state index contributed by atoms with van der Waals surface area (Å²) >= 11 is 7.06. The minimum absolute atomic E-state index is 0.0417. The fourth-order valence-electron chi connectivity index (χ4n) is 7.71. The van der Waals surface area contributed by atoms with Crippen LogP contribution in [0.3, 0.4) is 0 Å². The number of urea groups is 1. The summed E-state index contributed by atoms with van der Waals surface area (Å²) in [6, 6.07) is 10.4. The molecule has 0 bridgehead atoms. The summed E-state index contributed by atoms with van der Waals surface area (Å²) in [5.41, 5.74) is 9.05. The van der Waals surface area contributed by atoms with Crippen molar-refractivity contribution >= 4 is 49.5 Å². The lowest BCUT2D eigenvalue weighted by Gasteiger charge is -2.40. The van der Waals surface area contributed by atoms with Crippen molar-refractivity contribution in [2.24, 2.45) is 11.8 Å². The summed E-state index contributed by atoms with van der Waals surface area (Å²) in [6.45, 7) is 4.68. The first-order valence-corrected chi connectivity index (χ1v) is 18.9. The number of amides is 3. The molecule has 11 nitrogen and oxygen atoms in total. The molecule has 3 aromatic rings. The van der Waals surface area contributed by atoms with Gasteiger partial charge in [0.15, 0.2) is 0 Å². The number of nitrogens with one attached hydrogen (secondary N) is 2. The van der Waals surface area contributed by atoms with Crippen LogP contribution in [0.2, 0.25) is 0 Å². The van der Waals surface area contributed by atoms with Crippen LogP contribution >= 0.6 is 31.9 Å². The number of carbonyl (C=O) groups excluding carboxylic acids is 2. The lowest BCUT2D eigenvalue weighted by molar-refractivity contribution is -0.135. The third-order valence-electron chi connectivity index (χ3n) is 10.7. The summed E-state index contributed by atoms with van der Waals surface area (Å²) in [5.74, 6) is 2.05. The Morgan fingerprint density at radius 1 is 0.939 bits per heavy atom. The van der Waals surface area contributed by atoms with E-state index in [4.69, 9.17) is 10.5 Å². The third kappa shape index (κ3) is 8.37. The Kier molecular flexibility index (Phi) is 11.4. The quantitative estimate of drug-likeness (QED) is 0.259. The number of nitrogens with two attached hydrogens (primary N) is 1. The monoisotopic (exact) mass is 799 g/mol. The van der Waals surface area contributed by atoms with Crippen LogP contribution in [0.15, 0.2) is 56.3 Å². The van der Waals surface area contributed by atoms with Crippen LogP contribution in [0.1, 0.15) is 50.1 Å². The van der Waals surface area contributed by atoms with Crippen LogP contribution in [0.25, 0.3) is 11.3 Å². The second-order valence-corrected chi connectivity index (χ2v) is 15.5. The molecule has 1 atom stereocenters. The average Bonchev–Trinajstić information content (AvgIpc) is 3.51. The van der Waals surface area contributed by atoms with Crippen LogP contribution in [-0.2, 0) is 11.2 Å². The highest BCUT2D eigenvalue weighted by molar-refractivity contribution is 9.11.